The van der Waals surface area contributed by atoms with Crippen molar-refractivity contribution in [2.24, 2.45) is 0 Å². The number of amides is 1. The number of aryl methyl sites for hydroxylation is 1. The van der Waals surface area contributed by atoms with Crippen LogP contribution in [0.2, 0.25) is 0 Å². The zero-order valence-corrected chi connectivity index (χ0v) is 20.2. The highest BCUT2D eigenvalue weighted by Gasteiger charge is 2.31. The van der Waals surface area contributed by atoms with Crippen molar-refractivity contribution in [2.75, 3.05) is 12.3 Å². The van der Waals surface area contributed by atoms with E-state index in [0.717, 1.165) is 85.9 Å². The number of nitrogens with one attached hydrogen (secondary N) is 1. The van der Waals surface area contributed by atoms with Gasteiger partial charge >= 0.3 is 0 Å². The van der Waals surface area contributed by atoms with Gasteiger partial charge in [0, 0.05) is 37.4 Å². The summed E-state index contributed by atoms with van der Waals surface area (Å²) in [6.07, 6.45) is 12.1. The molecule has 3 aliphatic rings. The molecule has 1 saturated heterocycles. The molecule has 1 aromatic carbocycles. The number of nitrogen functional groups attached to an aromatic ring is 1. The predicted octanol–water partition coefficient (Wildman–Crippen LogP) is 4.17. The Labute approximate surface area is 205 Å². The summed E-state index contributed by atoms with van der Waals surface area (Å²) in [5, 5.41) is 3.96. The second-order valence-electron chi connectivity index (χ2n) is 10.2. The SMILES string of the molecule is CC(=O)N[C@H]1CC[C@@H](n2cc(-c3ccc4c(c3)OC(C3CCCO3)CC4)c3c(N)ncnc32)CC1. The van der Waals surface area contributed by atoms with Crippen LogP contribution in [-0.4, -0.2) is 45.3 Å². The highest BCUT2D eigenvalue weighted by molar-refractivity contribution is 6.00. The Kier molecular flexibility index (Phi) is 5.84. The Morgan fingerprint density at radius 1 is 1.11 bits per heavy atom. The molecule has 0 spiro atoms. The average Bonchev–Trinajstić information content (AvgIpc) is 3.53. The molecule has 2 aromatic heterocycles. The molecule has 3 aromatic rings. The lowest BCUT2D eigenvalue weighted by Crippen LogP contribution is -2.36. The molecule has 0 radical (unpaired) electrons. The van der Waals surface area contributed by atoms with Gasteiger partial charge in [0.25, 0.3) is 0 Å². The predicted molar refractivity (Wildman–Crippen MR) is 134 cm³/mol. The summed E-state index contributed by atoms with van der Waals surface area (Å²) >= 11 is 0. The van der Waals surface area contributed by atoms with E-state index in [0.29, 0.717) is 11.9 Å². The molecule has 8 heteroatoms. The minimum atomic E-state index is 0.0408. The molecule has 1 saturated carbocycles. The lowest BCUT2D eigenvalue weighted by atomic mass is 9.91. The summed E-state index contributed by atoms with van der Waals surface area (Å²) in [4.78, 5) is 20.4. The van der Waals surface area contributed by atoms with Gasteiger partial charge in [0.1, 0.15) is 29.6 Å². The second-order valence-corrected chi connectivity index (χ2v) is 10.2. The van der Waals surface area contributed by atoms with Crippen molar-refractivity contribution in [3.05, 3.63) is 36.3 Å². The fraction of sp³-hybridized carbons (Fsp3) is 0.519. The van der Waals surface area contributed by atoms with Crippen LogP contribution in [0, 0.1) is 0 Å². The van der Waals surface area contributed by atoms with E-state index in [1.165, 1.54) is 5.56 Å². The number of rotatable bonds is 4. The number of ether oxygens (including phenoxy) is 2. The molecule has 2 aliphatic heterocycles. The quantitative estimate of drug-likeness (QED) is 0.587. The van der Waals surface area contributed by atoms with Crippen LogP contribution in [0.5, 0.6) is 5.75 Å². The standard InChI is InChI=1S/C27H33N5O3/c1-16(33)31-19-7-9-20(10-8-19)32-14-21(25-26(28)29-15-30-27(25)32)18-5-4-17-6-11-23(35-24(17)13-18)22-3-2-12-34-22/h4-5,13-15,19-20,22-23H,2-3,6-12H2,1H3,(H,31,33)(H2,28,29,30)/t19-,20+,22?,23?. The van der Waals surface area contributed by atoms with E-state index in [4.69, 9.17) is 15.2 Å². The van der Waals surface area contributed by atoms with Crippen LogP contribution in [0.4, 0.5) is 5.82 Å². The van der Waals surface area contributed by atoms with Crippen molar-refractivity contribution in [3.8, 4) is 16.9 Å². The number of hydrogen-bond donors (Lipinski definition) is 2. The maximum atomic E-state index is 11.5. The number of benzene rings is 1. The minimum absolute atomic E-state index is 0.0408. The van der Waals surface area contributed by atoms with E-state index in [1.807, 2.05) is 0 Å². The summed E-state index contributed by atoms with van der Waals surface area (Å²) in [5.41, 5.74) is 10.6. The number of aromatic nitrogens is 3. The largest absolute Gasteiger partial charge is 0.487 e. The molecule has 6 rings (SSSR count). The molecule has 3 N–H and O–H groups in total. The zero-order valence-electron chi connectivity index (χ0n) is 20.2. The Hall–Kier alpha value is -3.13. The normalized spacial score (nSPS) is 26.3. The Morgan fingerprint density at radius 3 is 2.74 bits per heavy atom. The first-order valence-electron chi connectivity index (χ1n) is 12.9. The van der Waals surface area contributed by atoms with Gasteiger partial charge in [0.05, 0.1) is 11.5 Å². The minimum Gasteiger partial charge on any atom is -0.487 e. The summed E-state index contributed by atoms with van der Waals surface area (Å²) < 4.78 is 14.6. The first-order valence-corrected chi connectivity index (χ1v) is 12.9. The number of hydrogen-bond acceptors (Lipinski definition) is 6. The van der Waals surface area contributed by atoms with Crippen molar-refractivity contribution in [2.45, 2.75) is 82.6 Å². The average molecular weight is 476 g/mol. The van der Waals surface area contributed by atoms with Crippen LogP contribution in [0.15, 0.2) is 30.7 Å². The van der Waals surface area contributed by atoms with E-state index >= 15 is 0 Å². The number of fused-ring (bicyclic) bond motifs is 2. The first kappa shape index (κ1) is 22.3. The summed E-state index contributed by atoms with van der Waals surface area (Å²) in [6.45, 7) is 2.42. The first-order chi connectivity index (χ1) is 17.1. The monoisotopic (exact) mass is 475 g/mol. The molecule has 8 nitrogen and oxygen atoms in total. The summed E-state index contributed by atoms with van der Waals surface area (Å²) in [7, 11) is 0. The molecule has 2 unspecified atom stereocenters. The molecule has 184 valence electrons. The lowest BCUT2D eigenvalue weighted by molar-refractivity contribution is -0.119. The molecule has 35 heavy (non-hydrogen) atoms. The van der Waals surface area contributed by atoms with E-state index in [-0.39, 0.29) is 24.2 Å². The number of carbonyl (C=O) groups is 1. The summed E-state index contributed by atoms with van der Waals surface area (Å²) in [6, 6.07) is 7.05. The van der Waals surface area contributed by atoms with Gasteiger partial charge in [-0.3, -0.25) is 4.79 Å². The van der Waals surface area contributed by atoms with Crippen LogP contribution in [-0.2, 0) is 16.0 Å². The Morgan fingerprint density at radius 2 is 1.97 bits per heavy atom. The number of anilines is 1. The van der Waals surface area contributed by atoms with Crippen LogP contribution < -0.4 is 15.8 Å². The topological polar surface area (TPSA) is 104 Å². The molecular formula is C27H33N5O3. The van der Waals surface area contributed by atoms with Gasteiger partial charge in [-0.05, 0) is 68.6 Å². The second kappa shape index (κ2) is 9.15. The maximum absolute atomic E-state index is 11.5. The van der Waals surface area contributed by atoms with E-state index < -0.39 is 0 Å². The maximum Gasteiger partial charge on any atom is 0.217 e. The van der Waals surface area contributed by atoms with Gasteiger partial charge in [0.15, 0.2) is 0 Å². The van der Waals surface area contributed by atoms with Crippen LogP contribution in [0.25, 0.3) is 22.2 Å². The van der Waals surface area contributed by atoms with Gasteiger partial charge in [-0.1, -0.05) is 12.1 Å². The van der Waals surface area contributed by atoms with Gasteiger partial charge in [-0.2, -0.15) is 0 Å². The van der Waals surface area contributed by atoms with Crippen molar-refractivity contribution in [3.63, 3.8) is 0 Å². The van der Waals surface area contributed by atoms with Gasteiger partial charge < -0.3 is 25.1 Å². The van der Waals surface area contributed by atoms with Gasteiger partial charge in [-0.15, -0.1) is 0 Å². The lowest BCUT2D eigenvalue weighted by Gasteiger charge is -2.30. The third-order valence-electron chi connectivity index (χ3n) is 7.87. The van der Waals surface area contributed by atoms with Crippen molar-refractivity contribution >= 4 is 22.8 Å². The van der Waals surface area contributed by atoms with Crippen molar-refractivity contribution < 1.29 is 14.3 Å². The molecule has 1 amide bonds. The Bertz CT molecular complexity index is 1240. The third kappa shape index (κ3) is 4.24. The summed E-state index contributed by atoms with van der Waals surface area (Å²) in [5.74, 6) is 1.48. The van der Waals surface area contributed by atoms with Crippen LogP contribution in [0.3, 0.4) is 0 Å². The number of carbonyl (C=O) groups excluding carboxylic acids is 1. The Balaban J connectivity index is 1.32. The fourth-order valence-corrected chi connectivity index (χ4v) is 6.11. The van der Waals surface area contributed by atoms with Crippen LogP contribution >= 0.6 is 0 Å². The highest BCUT2D eigenvalue weighted by Crippen LogP contribution is 2.41. The molecule has 0 bridgehead atoms. The molecule has 1 aliphatic carbocycles. The molecular weight excluding hydrogens is 442 g/mol. The van der Waals surface area contributed by atoms with Gasteiger partial charge in [0.2, 0.25) is 5.91 Å². The van der Waals surface area contributed by atoms with Crippen molar-refractivity contribution in [1.29, 1.82) is 0 Å². The van der Waals surface area contributed by atoms with Gasteiger partial charge in [-0.25, -0.2) is 9.97 Å². The molecule has 2 atom stereocenters. The smallest absolute Gasteiger partial charge is 0.217 e. The number of nitrogens with zero attached hydrogens (tertiary/aromatic N) is 3. The number of nitrogens with two attached hydrogens (primary N) is 1. The molecule has 2 fully saturated rings. The van der Waals surface area contributed by atoms with E-state index in [9.17, 15) is 4.79 Å². The zero-order chi connectivity index (χ0) is 23.9. The molecule has 4 heterocycles. The van der Waals surface area contributed by atoms with Crippen LogP contribution in [0.1, 0.15) is 63.5 Å². The third-order valence-corrected chi connectivity index (χ3v) is 7.87. The fourth-order valence-electron chi connectivity index (χ4n) is 6.11. The van der Waals surface area contributed by atoms with E-state index in [2.05, 4.69) is 44.2 Å². The van der Waals surface area contributed by atoms with Crippen molar-refractivity contribution in [1.82, 2.24) is 19.9 Å². The van der Waals surface area contributed by atoms with E-state index in [1.54, 1.807) is 13.3 Å². The highest BCUT2D eigenvalue weighted by atomic mass is 16.5.